The van der Waals surface area contributed by atoms with Crippen LogP contribution in [0.2, 0.25) is 0 Å². The lowest BCUT2D eigenvalue weighted by atomic mass is 9.69. The van der Waals surface area contributed by atoms with Crippen molar-refractivity contribution in [2.75, 3.05) is 0 Å². The van der Waals surface area contributed by atoms with Crippen LogP contribution < -0.4 is 0 Å². The molecule has 3 nitrogen and oxygen atoms in total. The molecule has 0 bridgehead atoms. The predicted molar refractivity (Wildman–Crippen MR) is 63.9 cm³/mol. The van der Waals surface area contributed by atoms with Crippen molar-refractivity contribution in [3.63, 3.8) is 0 Å². The van der Waals surface area contributed by atoms with Crippen LogP contribution >= 0.6 is 0 Å². The number of Topliss-reactive ketones (excluding diaryl/α,β-unsaturated/α-hetero) is 1. The monoisotopic (exact) mass is 232 g/mol. The molecule has 0 unspecified atom stereocenters. The van der Waals surface area contributed by atoms with Gasteiger partial charge in [0.1, 0.15) is 5.41 Å². The number of hydrogen-bond donors (Lipinski definition) is 1. The van der Waals surface area contributed by atoms with Crippen molar-refractivity contribution in [2.24, 2.45) is 5.41 Å². The summed E-state index contributed by atoms with van der Waals surface area (Å²) in [7, 11) is 0. The van der Waals surface area contributed by atoms with Crippen molar-refractivity contribution in [3.8, 4) is 0 Å². The number of hydrogen-bond acceptors (Lipinski definition) is 2. The highest BCUT2D eigenvalue weighted by Crippen LogP contribution is 2.39. The maximum Gasteiger partial charge on any atom is 0.317 e. The van der Waals surface area contributed by atoms with Crippen molar-refractivity contribution >= 4 is 11.8 Å². The molecule has 1 N–H and O–H groups in total. The van der Waals surface area contributed by atoms with Gasteiger partial charge in [-0.1, -0.05) is 49.6 Å². The zero-order valence-corrected chi connectivity index (χ0v) is 9.69. The molecule has 0 radical (unpaired) electrons. The van der Waals surface area contributed by atoms with Crippen molar-refractivity contribution < 1.29 is 14.7 Å². The summed E-state index contributed by atoms with van der Waals surface area (Å²) in [5.74, 6) is -1.20. The van der Waals surface area contributed by atoms with Crippen LogP contribution in [-0.2, 0) is 4.79 Å². The van der Waals surface area contributed by atoms with Crippen LogP contribution in [0.3, 0.4) is 0 Å². The van der Waals surface area contributed by atoms with E-state index in [1.54, 1.807) is 24.3 Å². The van der Waals surface area contributed by atoms with Gasteiger partial charge < -0.3 is 5.11 Å². The predicted octanol–water partition coefficient (Wildman–Crippen LogP) is 2.90. The van der Waals surface area contributed by atoms with E-state index in [0.717, 1.165) is 19.3 Å². The molecular formula is C14H16O3. The second-order valence-corrected chi connectivity index (χ2v) is 4.64. The van der Waals surface area contributed by atoms with Gasteiger partial charge in [-0.25, -0.2) is 0 Å². The fourth-order valence-electron chi connectivity index (χ4n) is 2.56. The molecule has 90 valence electrons. The average molecular weight is 232 g/mol. The molecule has 3 heteroatoms. The van der Waals surface area contributed by atoms with Gasteiger partial charge in [-0.2, -0.15) is 0 Å². The summed E-state index contributed by atoms with van der Waals surface area (Å²) in [4.78, 5) is 23.9. The number of carboxylic acid groups (broad SMARTS) is 1. The molecule has 1 aromatic rings. The van der Waals surface area contributed by atoms with E-state index in [4.69, 9.17) is 0 Å². The largest absolute Gasteiger partial charge is 0.480 e. The van der Waals surface area contributed by atoms with Gasteiger partial charge in [-0.15, -0.1) is 0 Å². The van der Waals surface area contributed by atoms with E-state index in [2.05, 4.69) is 0 Å². The Balaban J connectivity index is 2.34. The second-order valence-electron chi connectivity index (χ2n) is 4.64. The molecule has 1 aromatic carbocycles. The van der Waals surface area contributed by atoms with Crippen molar-refractivity contribution in [1.29, 1.82) is 0 Å². The Morgan fingerprint density at radius 2 is 1.59 bits per heavy atom. The van der Waals surface area contributed by atoms with Crippen LogP contribution in [0.15, 0.2) is 30.3 Å². The SMILES string of the molecule is O=C(O)C1(C(=O)c2ccccc2)CCCCC1. The van der Waals surface area contributed by atoms with Gasteiger partial charge in [0.15, 0.2) is 5.78 Å². The van der Waals surface area contributed by atoms with Crippen LogP contribution in [-0.4, -0.2) is 16.9 Å². The minimum absolute atomic E-state index is 0.231. The van der Waals surface area contributed by atoms with Gasteiger partial charge in [-0.3, -0.25) is 9.59 Å². The van der Waals surface area contributed by atoms with Gasteiger partial charge in [0.25, 0.3) is 0 Å². The van der Waals surface area contributed by atoms with E-state index < -0.39 is 11.4 Å². The maximum atomic E-state index is 12.4. The van der Waals surface area contributed by atoms with Crippen LogP contribution in [0.4, 0.5) is 0 Å². The van der Waals surface area contributed by atoms with Crippen LogP contribution in [0.5, 0.6) is 0 Å². The first-order valence-electron chi connectivity index (χ1n) is 6.00. The number of carbonyl (C=O) groups excluding carboxylic acids is 1. The van der Waals surface area contributed by atoms with E-state index in [0.29, 0.717) is 18.4 Å². The highest BCUT2D eigenvalue weighted by atomic mass is 16.4. The number of carboxylic acids is 1. The molecule has 0 aromatic heterocycles. The molecule has 17 heavy (non-hydrogen) atoms. The molecule has 0 heterocycles. The zero-order chi connectivity index (χ0) is 12.3. The number of ketones is 1. The summed E-state index contributed by atoms with van der Waals surface area (Å²) in [6.07, 6.45) is 3.61. The first-order chi connectivity index (χ1) is 8.17. The Bertz CT molecular complexity index is 416. The number of benzene rings is 1. The van der Waals surface area contributed by atoms with E-state index in [1.807, 2.05) is 6.07 Å². The standard InChI is InChI=1S/C14H16O3/c15-12(11-7-3-1-4-8-11)14(13(16)17)9-5-2-6-10-14/h1,3-4,7-8H,2,5-6,9-10H2,(H,16,17). The van der Waals surface area contributed by atoms with E-state index >= 15 is 0 Å². The summed E-state index contributed by atoms with van der Waals surface area (Å²) in [5, 5.41) is 9.40. The van der Waals surface area contributed by atoms with Crippen molar-refractivity contribution in [3.05, 3.63) is 35.9 Å². The fourth-order valence-corrected chi connectivity index (χ4v) is 2.56. The smallest absolute Gasteiger partial charge is 0.317 e. The Morgan fingerprint density at radius 3 is 2.12 bits per heavy atom. The molecule has 1 saturated carbocycles. The van der Waals surface area contributed by atoms with Crippen LogP contribution in [0.1, 0.15) is 42.5 Å². The van der Waals surface area contributed by atoms with Crippen molar-refractivity contribution in [2.45, 2.75) is 32.1 Å². The third-order valence-electron chi connectivity index (χ3n) is 3.59. The lowest BCUT2D eigenvalue weighted by Crippen LogP contribution is -2.41. The van der Waals surface area contributed by atoms with Gasteiger partial charge in [0.05, 0.1) is 0 Å². The van der Waals surface area contributed by atoms with Gasteiger partial charge in [0, 0.05) is 5.56 Å². The minimum atomic E-state index is -1.18. The molecule has 2 rings (SSSR count). The summed E-state index contributed by atoms with van der Waals surface area (Å²) < 4.78 is 0. The van der Waals surface area contributed by atoms with E-state index in [9.17, 15) is 14.7 Å². The van der Waals surface area contributed by atoms with Gasteiger partial charge in [-0.05, 0) is 12.8 Å². The van der Waals surface area contributed by atoms with Crippen molar-refractivity contribution in [1.82, 2.24) is 0 Å². The van der Waals surface area contributed by atoms with Gasteiger partial charge >= 0.3 is 5.97 Å². The maximum absolute atomic E-state index is 12.4. The molecule has 1 aliphatic rings. The second kappa shape index (κ2) is 4.70. The topological polar surface area (TPSA) is 54.4 Å². The first-order valence-corrected chi connectivity index (χ1v) is 6.00. The summed E-state index contributed by atoms with van der Waals surface area (Å²) in [5.41, 5.74) is -0.670. The third-order valence-corrected chi connectivity index (χ3v) is 3.59. The van der Waals surface area contributed by atoms with E-state index in [-0.39, 0.29) is 5.78 Å². The zero-order valence-electron chi connectivity index (χ0n) is 9.69. The third kappa shape index (κ3) is 2.09. The lowest BCUT2D eigenvalue weighted by Gasteiger charge is -2.31. The normalized spacial score (nSPS) is 18.6. The first kappa shape index (κ1) is 11.8. The molecule has 0 aliphatic heterocycles. The number of aliphatic carboxylic acids is 1. The molecule has 0 spiro atoms. The van der Waals surface area contributed by atoms with E-state index in [1.165, 1.54) is 0 Å². The Kier molecular flexibility index (Phi) is 3.27. The molecular weight excluding hydrogens is 216 g/mol. The minimum Gasteiger partial charge on any atom is -0.480 e. The number of carbonyl (C=O) groups is 2. The quantitative estimate of drug-likeness (QED) is 0.644. The summed E-state index contributed by atoms with van der Waals surface area (Å²) in [6, 6.07) is 8.76. The number of rotatable bonds is 3. The molecule has 1 fully saturated rings. The molecule has 1 aliphatic carbocycles. The summed E-state index contributed by atoms with van der Waals surface area (Å²) >= 11 is 0. The fraction of sp³-hybridized carbons (Fsp3) is 0.429. The Morgan fingerprint density at radius 1 is 1.00 bits per heavy atom. The lowest BCUT2D eigenvalue weighted by molar-refractivity contribution is -0.147. The Hall–Kier alpha value is -1.64. The average Bonchev–Trinajstić information content (AvgIpc) is 2.39. The van der Waals surface area contributed by atoms with Gasteiger partial charge in [0.2, 0.25) is 0 Å². The molecule has 0 saturated heterocycles. The van der Waals surface area contributed by atoms with Crippen LogP contribution in [0, 0.1) is 5.41 Å². The highest BCUT2D eigenvalue weighted by molar-refractivity contribution is 6.12. The molecule has 0 amide bonds. The van der Waals surface area contributed by atoms with Crippen LogP contribution in [0.25, 0.3) is 0 Å². The summed E-state index contributed by atoms with van der Waals surface area (Å²) in [6.45, 7) is 0. The molecule has 0 atom stereocenters. The Labute approximate surface area is 100 Å². The highest BCUT2D eigenvalue weighted by Gasteiger charge is 2.46.